The van der Waals surface area contributed by atoms with Gasteiger partial charge in [-0.05, 0) is 30.9 Å². The molecule has 1 aliphatic carbocycles. The van der Waals surface area contributed by atoms with Crippen molar-refractivity contribution in [1.82, 2.24) is 15.3 Å². The summed E-state index contributed by atoms with van der Waals surface area (Å²) in [7, 11) is 0. The first-order valence-electron chi connectivity index (χ1n) is 9.07. The normalized spacial score (nSPS) is 19.9. The zero-order valence-corrected chi connectivity index (χ0v) is 15.6. The summed E-state index contributed by atoms with van der Waals surface area (Å²) in [6, 6.07) is 15.5. The summed E-state index contributed by atoms with van der Waals surface area (Å²) in [5, 5.41) is 15.6. The first kappa shape index (κ1) is 17.8. The highest BCUT2D eigenvalue weighted by Gasteiger charge is 2.36. The fourth-order valence-electron chi connectivity index (χ4n) is 3.39. The van der Waals surface area contributed by atoms with Gasteiger partial charge in [-0.15, -0.1) is 11.3 Å². The molecule has 0 radical (unpaired) electrons. The second-order valence-electron chi connectivity index (χ2n) is 6.87. The average Bonchev–Trinajstić information content (AvgIpc) is 3.14. The minimum atomic E-state index is -0.273. The predicted octanol–water partition coefficient (Wildman–Crippen LogP) is 3.38. The monoisotopic (exact) mass is 379 g/mol. The first-order chi connectivity index (χ1) is 13.2. The van der Waals surface area contributed by atoms with Gasteiger partial charge in [-0.25, -0.2) is 4.98 Å². The number of pyridine rings is 1. The van der Waals surface area contributed by atoms with Crippen molar-refractivity contribution in [3.05, 3.63) is 71.5 Å². The van der Waals surface area contributed by atoms with E-state index in [9.17, 15) is 9.90 Å². The van der Waals surface area contributed by atoms with Crippen molar-refractivity contribution in [3.63, 3.8) is 0 Å². The molecule has 2 N–H and O–H groups in total. The number of rotatable bonds is 6. The van der Waals surface area contributed by atoms with E-state index in [2.05, 4.69) is 15.3 Å². The van der Waals surface area contributed by atoms with Crippen LogP contribution in [0.25, 0.3) is 10.6 Å². The second kappa shape index (κ2) is 7.98. The molecule has 1 aliphatic rings. The van der Waals surface area contributed by atoms with Crippen molar-refractivity contribution in [2.45, 2.75) is 31.4 Å². The largest absolute Gasteiger partial charge is 0.393 e. The lowest BCUT2D eigenvalue weighted by Gasteiger charge is -2.37. The Bertz CT molecular complexity index is 892. The molecule has 0 saturated heterocycles. The molecule has 1 aromatic carbocycles. The highest BCUT2D eigenvalue weighted by Crippen LogP contribution is 2.37. The van der Waals surface area contributed by atoms with Crippen LogP contribution in [0.5, 0.6) is 0 Å². The Labute approximate surface area is 162 Å². The van der Waals surface area contributed by atoms with Gasteiger partial charge in [-0.1, -0.05) is 36.4 Å². The fraction of sp³-hybridized carbons (Fsp3) is 0.286. The molecule has 0 spiro atoms. The van der Waals surface area contributed by atoms with Crippen LogP contribution < -0.4 is 5.32 Å². The minimum Gasteiger partial charge on any atom is -0.393 e. The number of nitrogens with zero attached hydrogens (tertiary/aromatic N) is 2. The Kier molecular flexibility index (Phi) is 5.27. The number of nitrogens with one attached hydrogen (secondary N) is 1. The summed E-state index contributed by atoms with van der Waals surface area (Å²) in [5.74, 6) is 0.145. The first-order valence-corrected chi connectivity index (χ1v) is 9.95. The van der Waals surface area contributed by atoms with Crippen LogP contribution in [0.2, 0.25) is 0 Å². The maximum Gasteiger partial charge on any atom is 0.226 e. The number of aromatic nitrogens is 2. The van der Waals surface area contributed by atoms with Crippen molar-refractivity contribution in [2.75, 3.05) is 0 Å². The van der Waals surface area contributed by atoms with E-state index in [4.69, 9.17) is 0 Å². The van der Waals surface area contributed by atoms with Crippen LogP contribution in [0.4, 0.5) is 0 Å². The van der Waals surface area contributed by atoms with Crippen LogP contribution >= 0.6 is 11.3 Å². The van der Waals surface area contributed by atoms with Crippen LogP contribution in [0.15, 0.2) is 60.1 Å². The second-order valence-corrected chi connectivity index (χ2v) is 7.73. The lowest BCUT2D eigenvalue weighted by atomic mass is 9.76. The van der Waals surface area contributed by atoms with Gasteiger partial charge in [0.25, 0.3) is 0 Å². The smallest absolute Gasteiger partial charge is 0.226 e. The third-order valence-corrected chi connectivity index (χ3v) is 5.80. The van der Waals surface area contributed by atoms with Gasteiger partial charge in [-0.3, -0.25) is 9.78 Å². The van der Waals surface area contributed by atoms with Gasteiger partial charge in [0.15, 0.2) is 0 Å². The van der Waals surface area contributed by atoms with Crippen LogP contribution in [0.1, 0.15) is 30.3 Å². The highest BCUT2D eigenvalue weighted by molar-refractivity contribution is 7.13. The number of carbonyl (C=O) groups excluding carboxylic acids is 1. The number of thiazole rings is 1. The molecular formula is C21H21N3O2S. The molecule has 6 heteroatoms. The Morgan fingerprint density at radius 2 is 1.96 bits per heavy atom. The molecule has 3 aromatic rings. The number of hydrogen-bond donors (Lipinski definition) is 2. The van der Waals surface area contributed by atoms with E-state index >= 15 is 0 Å². The number of aliphatic hydroxyl groups excluding tert-OH is 1. The van der Waals surface area contributed by atoms with E-state index < -0.39 is 0 Å². The summed E-state index contributed by atoms with van der Waals surface area (Å²) in [4.78, 5) is 21.6. The fourth-order valence-corrected chi connectivity index (χ4v) is 4.21. The van der Waals surface area contributed by atoms with Crippen molar-refractivity contribution in [2.24, 2.45) is 5.92 Å². The molecular weight excluding hydrogens is 358 g/mol. The SMILES string of the molecule is O=C(Cc1csc(-c2ccccc2)n1)N[C@@H](c1ccccn1)C1CC(O)C1. The summed E-state index contributed by atoms with van der Waals surface area (Å²) in [6.07, 6.45) is 3.08. The van der Waals surface area contributed by atoms with Crippen LogP contribution in [0.3, 0.4) is 0 Å². The molecule has 27 heavy (non-hydrogen) atoms. The lowest BCUT2D eigenvalue weighted by Crippen LogP contribution is -2.42. The van der Waals surface area contributed by atoms with E-state index in [1.807, 2.05) is 53.9 Å². The molecule has 2 heterocycles. The van der Waals surface area contributed by atoms with Gasteiger partial charge >= 0.3 is 0 Å². The molecule has 2 aromatic heterocycles. The topological polar surface area (TPSA) is 75.1 Å². The van der Waals surface area contributed by atoms with Crippen LogP contribution in [-0.2, 0) is 11.2 Å². The highest BCUT2D eigenvalue weighted by atomic mass is 32.1. The van der Waals surface area contributed by atoms with Crippen LogP contribution in [0, 0.1) is 5.92 Å². The number of carbonyl (C=O) groups is 1. The molecule has 0 aliphatic heterocycles. The third-order valence-electron chi connectivity index (χ3n) is 4.86. The Hall–Kier alpha value is -2.57. The third kappa shape index (κ3) is 4.23. The van der Waals surface area contributed by atoms with Gasteiger partial charge in [0.1, 0.15) is 5.01 Å². The lowest BCUT2D eigenvalue weighted by molar-refractivity contribution is -0.122. The Balaban J connectivity index is 1.43. The van der Waals surface area contributed by atoms with E-state index in [-0.39, 0.29) is 30.4 Å². The van der Waals surface area contributed by atoms with Gasteiger partial charge < -0.3 is 10.4 Å². The molecule has 1 fully saturated rings. The molecule has 1 amide bonds. The maximum atomic E-state index is 12.6. The van der Waals surface area contributed by atoms with E-state index in [1.54, 1.807) is 17.5 Å². The summed E-state index contributed by atoms with van der Waals surface area (Å²) >= 11 is 1.55. The summed E-state index contributed by atoms with van der Waals surface area (Å²) in [6.45, 7) is 0. The van der Waals surface area contributed by atoms with Gasteiger partial charge in [0.2, 0.25) is 5.91 Å². The number of benzene rings is 1. The molecule has 1 atom stereocenters. The molecule has 0 bridgehead atoms. The number of aliphatic hydroxyl groups is 1. The van der Waals surface area contributed by atoms with Gasteiger partial charge in [0.05, 0.1) is 30.0 Å². The molecule has 5 nitrogen and oxygen atoms in total. The summed E-state index contributed by atoms with van der Waals surface area (Å²) in [5.41, 5.74) is 2.67. The van der Waals surface area contributed by atoms with Crippen molar-refractivity contribution >= 4 is 17.2 Å². The maximum absolute atomic E-state index is 12.6. The van der Waals surface area contributed by atoms with E-state index in [0.29, 0.717) is 12.8 Å². The minimum absolute atomic E-state index is 0.0723. The van der Waals surface area contributed by atoms with E-state index in [0.717, 1.165) is 22.0 Å². The van der Waals surface area contributed by atoms with Crippen molar-refractivity contribution in [1.29, 1.82) is 0 Å². The molecule has 0 unspecified atom stereocenters. The zero-order chi connectivity index (χ0) is 18.6. The standard InChI is InChI=1S/C21H21N3O2S/c25-17-10-15(11-17)20(18-8-4-5-9-22-18)24-19(26)12-16-13-27-21(23-16)14-6-2-1-3-7-14/h1-9,13,15,17,20,25H,10-12H2,(H,24,26)/t15?,17?,20-/m1/s1. The van der Waals surface area contributed by atoms with Crippen LogP contribution in [-0.4, -0.2) is 27.1 Å². The zero-order valence-electron chi connectivity index (χ0n) is 14.8. The number of hydrogen-bond acceptors (Lipinski definition) is 5. The molecule has 138 valence electrons. The van der Waals surface area contributed by atoms with E-state index in [1.165, 1.54) is 0 Å². The van der Waals surface area contributed by atoms with Gasteiger partial charge in [0, 0.05) is 17.1 Å². The molecule has 4 rings (SSSR count). The average molecular weight is 379 g/mol. The number of amides is 1. The molecule has 1 saturated carbocycles. The predicted molar refractivity (Wildman–Crippen MR) is 105 cm³/mol. The Morgan fingerprint density at radius 1 is 1.19 bits per heavy atom. The van der Waals surface area contributed by atoms with Gasteiger partial charge in [-0.2, -0.15) is 0 Å². The Morgan fingerprint density at radius 3 is 2.67 bits per heavy atom. The van der Waals surface area contributed by atoms with Crippen molar-refractivity contribution < 1.29 is 9.90 Å². The quantitative estimate of drug-likeness (QED) is 0.689. The van der Waals surface area contributed by atoms with Crippen molar-refractivity contribution in [3.8, 4) is 10.6 Å². The summed E-state index contributed by atoms with van der Waals surface area (Å²) < 4.78 is 0.